The molecule has 0 unspecified atom stereocenters. The Hall–Kier alpha value is -1.16. The maximum atomic E-state index is 11.5. The molecule has 0 fully saturated rings. The van der Waals surface area contributed by atoms with Crippen molar-refractivity contribution >= 4 is 23.4 Å². The Kier molecular flexibility index (Phi) is 4.49. The molecule has 0 heterocycles. The van der Waals surface area contributed by atoms with Crippen LogP contribution in [-0.2, 0) is 0 Å². The number of benzene rings is 1. The monoisotopic (exact) mass is 224 g/mol. The zero-order valence-electron chi connectivity index (χ0n) is 9.04. The van der Waals surface area contributed by atoms with Gasteiger partial charge in [0, 0.05) is 17.6 Å². The number of nitrogens with one attached hydrogen (secondary N) is 1. The number of rotatable bonds is 4. The lowest BCUT2D eigenvalue weighted by Crippen LogP contribution is -2.18. The van der Waals surface area contributed by atoms with Crippen molar-refractivity contribution in [3.8, 4) is 0 Å². The Balaban J connectivity index is 2.97. The van der Waals surface area contributed by atoms with Gasteiger partial charge in [-0.2, -0.15) is 0 Å². The highest BCUT2D eigenvalue weighted by Gasteiger charge is 2.09. The van der Waals surface area contributed by atoms with Crippen molar-refractivity contribution in [3.05, 3.63) is 23.8 Å². The molecule has 0 aromatic heterocycles. The summed E-state index contributed by atoms with van der Waals surface area (Å²) >= 11 is 1.66. The second-order valence-corrected chi connectivity index (χ2v) is 4.32. The number of amides is 1. The van der Waals surface area contributed by atoms with E-state index >= 15 is 0 Å². The van der Waals surface area contributed by atoms with E-state index in [2.05, 4.69) is 12.2 Å². The highest BCUT2D eigenvalue weighted by atomic mass is 32.2. The van der Waals surface area contributed by atoms with E-state index in [0.717, 1.165) is 17.1 Å². The largest absolute Gasteiger partial charge is 0.399 e. The van der Waals surface area contributed by atoms with Gasteiger partial charge in [0.15, 0.2) is 0 Å². The summed E-state index contributed by atoms with van der Waals surface area (Å²) in [7, 11) is 1.63. The molecule has 3 nitrogen and oxygen atoms in total. The predicted molar refractivity (Wildman–Crippen MR) is 65.3 cm³/mol. The Morgan fingerprint density at radius 1 is 1.53 bits per heavy atom. The number of hydrogen-bond donors (Lipinski definition) is 2. The van der Waals surface area contributed by atoms with Gasteiger partial charge in [-0.25, -0.2) is 0 Å². The summed E-state index contributed by atoms with van der Waals surface area (Å²) in [5, 5.41) is 2.62. The fourth-order valence-corrected chi connectivity index (χ4v) is 2.15. The van der Waals surface area contributed by atoms with Crippen molar-refractivity contribution in [2.45, 2.75) is 18.2 Å². The number of thioether (sulfide) groups is 1. The number of nitrogen functional groups attached to an aromatic ring is 1. The standard InChI is InChI=1S/C11H16N2OS/c1-3-6-15-10-7-8(12)4-5-9(10)11(14)13-2/h4-5,7H,3,6,12H2,1-2H3,(H,13,14). The Bertz CT molecular complexity index is 352. The third-order valence-corrected chi connectivity index (χ3v) is 3.20. The van der Waals surface area contributed by atoms with Gasteiger partial charge in [0.2, 0.25) is 0 Å². The second-order valence-electron chi connectivity index (χ2n) is 3.18. The van der Waals surface area contributed by atoms with Crippen molar-refractivity contribution in [2.24, 2.45) is 0 Å². The summed E-state index contributed by atoms with van der Waals surface area (Å²) in [6, 6.07) is 5.37. The molecule has 1 rings (SSSR count). The van der Waals surface area contributed by atoms with Gasteiger partial charge in [-0.15, -0.1) is 11.8 Å². The molecule has 1 amide bonds. The Labute approximate surface area is 94.4 Å². The number of nitrogens with two attached hydrogens (primary N) is 1. The van der Waals surface area contributed by atoms with E-state index in [1.165, 1.54) is 0 Å². The minimum absolute atomic E-state index is 0.0615. The predicted octanol–water partition coefficient (Wildman–Crippen LogP) is 2.13. The molecule has 0 bridgehead atoms. The third-order valence-electron chi connectivity index (χ3n) is 1.94. The van der Waals surface area contributed by atoms with Gasteiger partial charge in [0.05, 0.1) is 5.56 Å². The maximum Gasteiger partial charge on any atom is 0.252 e. The van der Waals surface area contributed by atoms with Gasteiger partial charge < -0.3 is 11.1 Å². The summed E-state index contributed by atoms with van der Waals surface area (Å²) in [5.41, 5.74) is 7.09. The molecule has 1 aromatic carbocycles. The van der Waals surface area contributed by atoms with E-state index in [-0.39, 0.29) is 5.91 Å². The van der Waals surface area contributed by atoms with Crippen molar-refractivity contribution in [3.63, 3.8) is 0 Å². The van der Waals surface area contributed by atoms with Crippen LogP contribution in [0.1, 0.15) is 23.7 Å². The number of carbonyl (C=O) groups excluding carboxylic acids is 1. The summed E-state index contributed by atoms with van der Waals surface area (Å²) in [6.45, 7) is 2.11. The average Bonchev–Trinajstić information content (AvgIpc) is 2.25. The van der Waals surface area contributed by atoms with Gasteiger partial charge in [0.1, 0.15) is 0 Å². The minimum atomic E-state index is -0.0615. The van der Waals surface area contributed by atoms with Crippen LogP contribution in [0.2, 0.25) is 0 Å². The van der Waals surface area contributed by atoms with E-state index in [1.54, 1.807) is 30.9 Å². The summed E-state index contributed by atoms with van der Waals surface area (Å²) < 4.78 is 0. The molecule has 0 saturated heterocycles. The van der Waals surface area contributed by atoms with Crippen LogP contribution in [0.15, 0.2) is 23.1 Å². The lowest BCUT2D eigenvalue weighted by Gasteiger charge is -2.08. The van der Waals surface area contributed by atoms with Crippen molar-refractivity contribution in [2.75, 3.05) is 18.5 Å². The van der Waals surface area contributed by atoms with Crippen molar-refractivity contribution < 1.29 is 4.79 Å². The van der Waals surface area contributed by atoms with Crippen LogP contribution in [-0.4, -0.2) is 18.7 Å². The smallest absolute Gasteiger partial charge is 0.252 e. The molecule has 15 heavy (non-hydrogen) atoms. The van der Waals surface area contributed by atoms with E-state index in [9.17, 15) is 4.79 Å². The molecular weight excluding hydrogens is 208 g/mol. The second kappa shape index (κ2) is 5.66. The summed E-state index contributed by atoms with van der Waals surface area (Å²) in [4.78, 5) is 12.5. The topological polar surface area (TPSA) is 55.1 Å². The highest BCUT2D eigenvalue weighted by molar-refractivity contribution is 7.99. The maximum absolute atomic E-state index is 11.5. The molecule has 0 radical (unpaired) electrons. The fraction of sp³-hybridized carbons (Fsp3) is 0.364. The average molecular weight is 224 g/mol. The molecule has 0 aliphatic carbocycles. The van der Waals surface area contributed by atoms with Crippen LogP contribution in [0, 0.1) is 0 Å². The molecular formula is C11H16N2OS. The van der Waals surface area contributed by atoms with Gasteiger partial charge in [-0.3, -0.25) is 4.79 Å². The fourth-order valence-electron chi connectivity index (χ4n) is 1.19. The molecule has 0 spiro atoms. The van der Waals surface area contributed by atoms with Gasteiger partial charge in [-0.05, 0) is 30.4 Å². The first-order chi connectivity index (χ1) is 7.19. The van der Waals surface area contributed by atoms with Crippen LogP contribution in [0.5, 0.6) is 0 Å². The molecule has 82 valence electrons. The van der Waals surface area contributed by atoms with Crippen molar-refractivity contribution in [1.29, 1.82) is 0 Å². The van der Waals surface area contributed by atoms with Gasteiger partial charge >= 0.3 is 0 Å². The molecule has 4 heteroatoms. The van der Waals surface area contributed by atoms with Crippen LogP contribution >= 0.6 is 11.8 Å². The molecule has 1 aromatic rings. The third kappa shape index (κ3) is 3.16. The first-order valence-electron chi connectivity index (χ1n) is 4.93. The van der Waals surface area contributed by atoms with Crippen LogP contribution < -0.4 is 11.1 Å². The molecule has 0 aliphatic heterocycles. The Morgan fingerprint density at radius 3 is 2.87 bits per heavy atom. The molecule has 0 aliphatic rings. The first kappa shape index (κ1) is 11.9. The van der Waals surface area contributed by atoms with E-state index in [0.29, 0.717) is 11.3 Å². The van der Waals surface area contributed by atoms with Gasteiger partial charge in [0.25, 0.3) is 5.91 Å². The lowest BCUT2D eigenvalue weighted by atomic mass is 10.2. The van der Waals surface area contributed by atoms with Crippen LogP contribution in [0.25, 0.3) is 0 Å². The highest BCUT2D eigenvalue weighted by Crippen LogP contribution is 2.25. The SMILES string of the molecule is CCCSc1cc(N)ccc1C(=O)NC. The lowest BCUT2D eigenvalue weighted by molar-refractivity contribution is 0.0960. The van der Waals surface area contributed by atoms with Gasteiger partial charge in [-0.1, -0.05) is 6.92 Å². The van der Waals surface area contributed by atoms with Crippen LogP contribution in [0.3, 0.4) is 0 Å². The van der Waals surface area contributed by atoms with E-state index < -0.39 is 0 Å². The molecule has 3 N–H and O–H groups in total. The minimum Gasteiger partial charge on any atom is -0.399 e. The number of hydrogen-bond acceptors (Lipinski definition) is 3. The van der Waals surface area contributed by atoms with Crippen molar-refractivity contribution in [1.82, 2.24) is 5.32 Å². The summed E-state index contributed by atoms with van der Waals surface area (Å²) in [6.07, 6.45) is 1.08. The number of anilines is 1. The normalized spacial score (nSPS) is 10.0. The summed E-state index contributed by atoms with van der Waals surface area (Å²) in [5.74, 6) is 0.932. The van der Waals surface area contributed by atoms with E-state index in [1.807, 2.05) is 6.07 Å². The quantitative estimate of drug-likeness (QED) is 0.608. The molecule has 0 saturated carbocycles. The zero-order chi connectivity index (χ0) is 11.3. The Morgan fingerprint density at radius 2 is 2.27 bits per heavy atom. The zero-order valence-corrected chi connectivity index (χ0v) is 9.86. The molecule has 0 atom stereocenters. The first-order valence-corrected chi connectivity index (χ1v) is 5.92. The van der Waals surface area contributed by atoms with E-state index in [4.69, 9.17) is 5.73 Å². The number of carbonyl (C=O) groups is 1. The van der Waals surface area contributed by atoms with Crippen LogP contribution in [0.4, 0.5) is 5.69 Å².